The molecule has 3 heteroatoms. The summed E-state index contributed by atoms with van der Waals surface area (Å²) in [7, 11) is 0. The maximum Gasteiger partial charge on any atom is 0.122 e. The Morgan fingerprint density at radius 1 is 1.17 bits per heavy atom. The van der Waals surface area contributed by atoms with Gasteiger partial charge in [0, 0.05) is 5.56 Å². The van der Waals surface area contributed by atoms with E-state index in [1.165, 1.54) is 5.56 Å². The second-order valence-electron chi connectivity index (χ2n) is 4.22. The van der Waals surface area contributed by atoms with E-state index in [1.807, 2.05) is 24.3 Å². The lowest BCUT2D eigenvalue weighted by Crippen LogP contribution is -2.10. The predicted molar refractivity (Wildman–Crippen MR) is 73.0 cm³/mol. The normalized spacial score (nSPS) is 10.1. The van der Waals surface area contributed by atoms with Gasteiger partial charge in [-0.1, -0.05) is 42.0 Å². The number of nitrogen functional groups attached to an aromatic ring is 1. The fraction of sp³-hybridized carbons (Fsp3) is 0.133. The number of aryl methyl sites for hydroxylation is 1. The highest BCUT2D eigenvalue weighted by molar-refractivity contribution is 5.95. The third-order valence-corrected chi connectivity index (χ3v) is 2.67. The molecule has 0 unspecified atom stereocenters. The Labute approximate surface area is 107 Å². The number of nitrogens with one attached hydrogen (secondary N) is 1. The van der Waals surface area contributed by atoms with Crippen LogP contribution in [0.1, 0.15) is 16.7 Å². The molecule has 0 atom stereocenters. The first-order valence-electron chi connectivity index (χ1n) is 5.78. The van der Waals surface area contributed by atoms with Crippen molar-refractivity contribution in [1.82, 2.24) is 0 Å². The average Bonchev–Trinajstić information content (AvgIpc) is 2.38. The molecule has 0 saturated carbocycles. The summed E-state index contributed by atoms with van der Waals surface area (Å²) >= 11 is 0. The average molecular weight is 240 g/mol. The summed E-state index contributed by atoms with van der Waals surface area (Å²) in [5.41, 5.74) is 8.46. The quantitative estimate of drug-likeness (QED) is 0.637. The van der Waals surface area contributed by atoms with Crippen LogP contribution in [-0.4, -0.2) is 5.84 Å². The summed E-state index contributed by atoms with van der Waals surface area (Å²) < 4.78 is 5.67. The number of nitrogens with two attached hydrogens (primary N) is 1. The lowest BCUT2D eigenvalue weighted by molar-refractivity contribution is 0.306. The molecule has 0 radical (unpaired) electrons. The number of rotatable bonds is 4. The molecule has 2 aromatic carbocycles. The molecule has 0 spiro atoms. The lowest BCUT2D eigenvalue weighted by atomic mass is 10.1. The zero-order valence-electron chi connectivity index (χ0n) is 10.3. The van der Waals surface area contributed by atoms with Crippen molar-refractivity contribution in [1.29, 1.82) is 5.41 Å². The Bertz CT molecular complexity index is 547. The zero-order valence-corrected chi connectivity index (χ0v) is 10.3. The van der Waals surface area contributed by atoms with Gasteiger partial charge in [0.2, 0.25) is 0 Å². The molecule has 92 valence electrons. The summed E-state index contributed by atoms with van der Waals surface area (Å²) in [5, 5.41) is 7.37. The van der Waals surface area contributed by atoms with E-state index < -0.39 is 0 Å². The second-order valence-corrected chi connectivity index (χ2v) is 4.22. The van der Waals surface area contributed by atoms with Gasteiger partial charge in [-0.3, -0.25) is 5.41 Å². The minimum Gasteiger partial charge on any atom is -0.489 e. The van der Waals surface area contributed by atoms with Crippen LogP contribution in [0.4, 0.5) is 0 Å². The highest BCUT2D eigenvalue weighted by Gasteiger charge is 2.00. The van der Waals surface area contributed by atoms with Crippen LogP contribution in [-0.2, 0) is 6.61 Å². The largest absolute Gasteiger partial charge is 0.489 e. The molecule has 3 N–H and O–H groups in total. The molecule has 0 saturated heterocycles. The summed E-state index contributed by atoms with van der Waals surface area (Å²) in [6.07, 6.45) is 0. The number of ether oxygens (including phenoxy) is 1. The van der Waals surface area contributed by atoms with Crippen LogP contribution in [0.15, 0.2) is 48.5 Å². The molecule has 0 bridgehead atoms. The van der Waals surface area contributed by atoms with E-state index in [4.69, 9.17) is 15.9 Å². The Morgan fingerprint density at radius 3 is 2.56 bits per heavy atom. The molecule has 0 amide bonds. The molecule has 2 rings (SSSR count). The highest BCUT2D eigenvalue weighted by Crippen LogP contribution is 2.15. The standard InChI is InChI=1S/C15H16N2O/c1-11-5-7-12(8-6-11)10-18-14-4-2-3-13(9-14)15(16)17/h2-9H,10H2,1H3,(H3,16,17). The van der Waals surface area contributed by atoms with Crippen molar-refractivity contribution in [3.05, 3.63) is 65.2 Å². The fourth-order valence-electron chi connectivity index (χ4n) is 1.60. The van der Waals surface area contributed by atoms with E-state index in [0.29, 0.717) is 12.2 Å². The van der Waals surface area contributed by atoms with Gasteiger partial charge in [-0.25, -0.2) is 0 Å². The van der Waals surface area contributed by atoms with Gasteiger partial charge in [0.1, 0.15) is 18.2 Å². The van der Waals surface area contributed by atoms with E-state index in [1.54, 1.807) is 12.1 Å². The molecule has 0 aromatic heterocycles. The molecule has 0 aliphatic rings. The van der Waals surface area contributed by atoms with Gasteiger partial charge in [-0.15, -0.1) is 0 Å². The molecule has 2 aromatic rings. The van der Waals surface area contributed by atoms with Gasteiger partial charge < -0.3 is 10.5 Å². The van der Waals surface area contributed by atoms with Gasteiger partial charge in [-0.05, 0) is 24.6 Å². The molecule has 0 aliphatic carbocycles. The second kappa shape index (κ2) is 5.36. The third-order valence-electron chi connectivity index (χ3n) is 2.67. The van der Waals surface area contributed by atoms with E-state index in [-0.39, 0.29) is 5.84 Å². The van der Waals surface area contributed by atoms with Gasteiger partial charge >= 0.3 is 0 Å². The lowest BCUT2D eigenvalue weighted by Gasteiger charge is -2.08. The topological polar surface area (TPSA) is 59.1 Å². The minimum absolute atomic E-state index is 0.0517. The van der Waals surface area contributed by atoms with Crippen LogP contribution in [0, 0.1) is 12.3 Å². The maximum absolute atomic E-state index is 7.37. The fourth-order valence-corrected chi connectivity index (χ4v) is 1.60. The Hall–Kier alpha value is -2.29. The van der Waals surface area contributed by atoms with Crippen LogP contribution in [0.5, 0.6) is 5.75 Å². The predicted octanol–water partition coefficient (Wildman–Crippen LogP) is 2.86. The summed E-state index contributed by atoms with van der Waals surface area (Å²) in [6, 6.07) is 15.5. The van der Waals surface area contributed by atoms with Crippen LogP contribution in [0.3, 0.4) is 0 Å². The van der Waals surface area contributed by atoms with E-state index in [0.717, 1.165) is 11.3 Å². The Balaban J connectivity index is 2.04. The van der Waals surface area contributed by atoms with Crippen LogP contribution in [0.25, 0.3) is 0 Å². The molecule has 18 heavy (non-hydrogen) atoms. The zero-order chi connectivity index (χ0) is 13.0. The third kappa shape index (κ3) is 3.10. The van der Waals surface area contributed by atoms with Crippen molar-refractivity contribution in [3.8, 4) is 5.75 Å². The van der Waals surface area contributed by atoms with Crippen molar-refractivity contribution in [2.75, 3.05) is 0 Å². The smallest absolute Gasteiger partial charge is 0.122 e. The minimum atomic E-state index is 0.0517. The Kier molecular flexibility index (Phi) is 3.63. The molecular weight excluding hydrogens is 224 g/mol. The number of hydrogen-bond donors (Lipinski definition) is 2. The highest BCUT2D eigenvalue weighted by atomic mass is 16.5. The molecule has 0 fully saturated rings. The maximum atomic E-state index is 7.37. The number of hydrogen-bond acceptors (Lipinski definition) is 2. The first kappa shape index (κ1) is 12.2. The summed E-state index contributed by atoms with van der Waals surface area (Å²) in [4.78, 5) is 0. The van der Waals surface area contributed by atoms with Crippen LogP contribution in [0.2, 0.25) is 0 Å². The molecule has 3 nitrogen and oxygen atoms in total. The Morgan fingerprint density at radius 2 is 1.89 bits per heavy atom. The SMILES string of the molecule is Cc1ccc(COc2cccc(C(=N)N)c2)cc1. The van der Waals surface area contributed by atoms with Crippen LogP contribution >= 0.6 is 0 Å². The number of amidine groups is 1. The van der Waals surface area contributed by atoms with Gasteiger partial charge in [0.25, 0.3) is 0 Å². The van der Waals surface area contributed by atoms with E-state index in [9.17, 15) is 0 Å². The first-order chi connectivity index (χ1) is 8.65. The van der Waals surface area contributed by atoms with E-state index >= 15 is 0 Å². The molecule has 0 heterocycles. The van der Waals surface area contributed by atoms with Crippen LogP contribution < -0.4 is 10.5 Å². The summed E-state index contributed by atoms with van der Waals surface area (Å²) in [5.74, 6) is 0.777. The van der Waals surface area contributed by atoms with Gasteiger partial charge in [0.15, 0.2) is 0 Å². The van der Waals surface area contributed by atoms with Crippen molar-refractivity contribution in [2.45, 2.75) is 13.5 Å². The van der Waals surface area contributed by atoms with Crippen molar-refractivity contribution in [2.24, 2.45) is 5.73 Å². The van der Waals surface area contributed by atoms with Gasteiger partial charge in [-0.2, -0.15) is 0 Å². The molecular formula is C15H16N2O. The van der Waals surface area contributed by atoms with Crippen molar-refractivity contribution < 1.29 is 4.74 Å². The summed E-state index contributed by atoms with van der Waals surface area (Å²) in [6.45, 7) is 2.57. The first-order valence-corrected chi connectivity index (χ1v) is 5.78. The van der Waals surface area contributed by atoms with Crippen molar-refractivity contribution >= 4 is 5.84 Å². The van der Waals surface area contributed by atoms with E-state index in [2.05, 4.69) is 19.1 Å². The monoisotopic (exact) mass is 240 g/mol. The number of benzene rings is 2. The molecule has 0 aliphatic heterocycles. The van der Waals surface area contributed by atoms with Crippen molar-refractivity contribution in [3.63, 3.8) is 0 Å². The van der Waals surface area contributed by atoms with Gasteiger partial charge in [0.05, 0.1) is 0 Å².